The molecule has 5 heteroatoms. The summed E-state index contributed by atoms with van der Waals surface area (Å²) in [6, 6.07) is 7.39. The summed E-state index contributed by atoms with van der Waals surface area (Å²) in [5, 5.41) is 15.1. The van der Waals surface area contributed by atoms with Crippen LogP contribution in [0.15, 0.2) is 28.7 Å². The second-order valence-corrected chi connectivity index (χ2v) is 5.40. The summed E-state index contributed by atoms with van der Waals surface area (Å²) in [6.45, 7) is 4.05. The van der Waals surface area contributed by atoms with Gasteiger partial charge in [-0.05, 0) is 37.6 Å². The average molecular weight is 315 g/mol. The highest BCUT2D eigenvalue weighted by molar-refractivity contribution is 9.10. The highest BCUT2D eigenvalue weighted by Crippen LogP contribution is 2.14. The molecule has 0 spiro atoms. The van der Waals surface area contributed by atoms with E-state index in [0.29, 0.717) is 0 Å². The van der Waals surface area contributed by atoms with Gasteiger partial charge in [0.05, 0.1) is 13.2 Å². The van der Waals surface area contributed by atoms with Crippen LogP contribution in [0.1, 0.15) is 20.3 Å². The third kappa shape index (κ3) is 4.76. The molecule has 0 aliphatic carbocycles. The Hall–Kier alpha value is -0.910. The molecule has 1 amide bonds. The fraction of sp³-hybridized carbons (Fsp3) is 0.462. The Labute approximate surface area is 116 Å². The van der Waals surface area contributed by atoms with Gasteiger partial charge in [-0.1, -0.05) is 22.9 Å². The van der Waals surface area contributed by atoms with Crippen LogP contribution in [0.25, 0.3) is 0 Å². The van der Waals surface area contributed by atoms with Gasteiger partial charge < -0.3 is 15.7 Å². The van der Waals surface area contributed by atoms with Gasteiger partial charge in [0.1, 0.15) is 0 Å². The third-order valence-corrected chi connectivity index (χ3v) is 3.46. The Kier molecular flexibility index (Phi) is 5.78. The van der Waals surface area contributed by atoms with Gasteiger partial charge in [-0.25, -0.2) is 0 Å². The van der Waals surface area contributed by atoms with E-state index in [2.05, 4.69) is 26.6 Å². The molecule has 0 heterocycles. The summed E-state index contributed by atoms with van der Waals surface area (Å²) in [7, 11) is 0. The van der Waals surface area contributed by atoms with E-state index in [4.69, 9.17) is 0 Å². The summed E-state index contributed by atoms with van der Waals surface area (Å²) in [5.41, 5.74) is 0.351. The third-order valence-electron chi connectivity index (χ3n) is 2.93. The van der Waals surface area contributed by atoms with Crippen molar-refractivity contribution in [2.45, 2.75) is 25.8 Å². The number of rotatable bonds is 6. The molecule has 18 heavy (non-hydrogen) atoms. The van der Waals surface area contributed by atoms with Gasteiger partial charge in [0.15, 0.2) is 0 Å². The van der Waals surface area contributed by atoms with Crippen molar-refractivity contribution in [2.75, 3.05) is 18.5 Å². The summed E-state index contributed by atoms with van der Waals surface area (Å²) in [5.74, 6) is -0.120. The van der Waals surface area contributed by atoms with Crippen molar-refractivity contribution in [1.82, 2.24) is 5.32 Å². The number of hydrogen-bond acceptors (Lipinski definition) is 3. The van der Waals surface area contributed by atoms with Gasteiger partial charge in [0, 0.05) is 15.7 Å². The van der Waals surface area contributed by atoms with Gasteiger partial charge in [-0.2, -0.15) is 0 Å². The SMILES string of the molecule is CCC(C)(CO)NCC(=O)Nc1ccc(Br)cc1. The highest BCUT2D eigenvalue weighted by Gasteiger charge is 2.20. The maximum absolute atomic E-state index is 11.7. The minimum Gasteiger partial charge on any atom is -0.394 e. The Morgan fingerprint density at radius 3 is 2.50 bits per heavy atom. The molecule has 1 aromatic carbocycles. The monoisotopic (exact) mass is 314 g/mol. The standard InChI is InChI=1S/C13H19BrN2O2/c1-3-13(2,9-17)15-8-12(18)16-11-6-4-10(14)5-7-11/h4-7,15,17H,3,8-9H2,1-2H3,(H,16,18). The lowest BCUT2D eigenvalue weighted by Gasteiger charge is -2.26. The van der Waals surface area contributed by atoms with Crippen molar-refractivity contribution in [3.05, 3.63) is 28.7 Å². The molecule has 0 bridgehead atoms. The highest BCUT2D eigenvalue weighted by atomic mass is 79.9. The van der Waals surface area contributed by atoms with Gasteiger partial charge in [0.25, 0.3) is 0 Å². The summed E-state index contributed by atoms with van der Waals surface area (Å²) in [6.07, 6.45) is 0.759. The van der Waals surface area contributed by atoms with E-state index in [9.17, 15) is 9.90 Å². The normalized spacial score (nSPS) is 14.0. The van der Waals surface area contributed by atoms with Crippen LogP contribution in [0.5, 0.6) is 0 Å². The molecule has 1 aromatic rings. The second-order valence-electron chi connectivity index (χ2n) is 4.48. The van der Waals surface area contributed by atoms with Crippen molar-refractivity contribution in [1.29, 1.82) is 0 Å². The van der Waals surface area contributed by atoms with Gasteiger partial charge >= 0.3 is 0 Å². The lowest BCUT2D eigenvalue weighted by atomic mass is 10.0. The number of hydrogen-bond donors (Lipinski definition) is 3. The lowest BCUT2D eigenvalue weighted by molar-refractivity contribution is -0.115. The van der Waals surface area contributed by atoms with Crippen LogP contribution in [0.3, 0.4) is 0 Å². The molecular weight excluding hydrogens is 296 g/mol. The fourth-order valence-electron chi connectivity index (χ4n) is 1.32. The molecule has 0 saturated carbocycles. The van der Waals surface area contributed by atoms with Crippen molar-refractivity contribution >= 4 is 27.5 Å². The first kappa shape index (κ1) is 15.1. The quantitative estimate of drug-likeness (QED) is 0.754. The zero-order valence-electron chi connectivity index (χ0n) is 10.7. The number of benzene rings is 1. The van der Waals surface area contributed by atoms with Crippen molar-refractivity contribution in [2.24, 2.45) is 0 Å². The van der Waals surface area contributed by atoms with E-state index in [1.165, 1.54) is 0 Å². The van der Waals surface area contributed by atoms with Gasteiger partial charge in [0.2, 0.25) is 5.91 Å². The van der Waals surface area contributed by atoms with E-state index in [0.717, 1.165) is 16.6 Å². The fourth-order valence-corrected chi connectivity index (χ4v) is 1.59. The Morgan fingerprint density at radius 1 is 1.39 bits per heavy atom. The number of amides is 1. The Bertz CT molecular complexity index is 388. The number of aliphatic hydroxyl groups excluding tert-OH is 1. The summed E-state index contributed by atoms with van der Waals surface area (Å²) >= 11 is 3.33. The van der Waals surface area contributed by atoms with Crippen molar-refractivity contribution < 1.29 is 9.90 Å². The number of nitrogens with one attached hydrogen (secondary N) is 2. The van der Waals surface area contributed by atoms with E-state index in [1.54, 1.807) is 0 Å². The van der Waals surface area contributed by atoms with E-state index >= 15 is 0 Å². The molecule has 100 valence electrons. The van der Waals surface area contributed by atoms with Crippen molar-refractivity contribution in [3.63, 3.8) is 0 Å². The Morgan fingerprint density at radius 2 is 2.00 bits per heavy atom. The molecule has 0 radical (unpaired) electrons. The number of anilines is 1. The van der Waals surface area contributed by atoms with E-state index in [-0.39, 0.29) is 19.1 Å². The Balaban J connectivity index is 2.45. The molecule has 1 atom stereocenters. The minimum atomic E-state index is -0.406. The number of aliphatic hydroxyl groups is 1. The largest absolute Gasteiger partial charge is 0.394 e. The maximum Gasteiger partial charge on any atom is 0.238 e. The molecule has 0 saturated heterocycles. The zero-order valence-corrected chi connectivity index (χ0v) is 12.3. The predicted octanol–water partition coefficient (Wildman–Crippen LogP) is 2.14. The first-order chi connectivity index (χ1) is 8.49. The van der Waals surface area contributed by atoms with Crippen LogP contribution in [-0.2, 0) is 4.79 Å². The molecule has 0 fully saturated rings. The first-order valence-corrected chi connectivity index (χ1v) is 6.70. The van der Waals surface area contributed by atoms with E-state index < -0.39 is 5.54 Å². The topological polar surface area (TPSA) is 61.4 Å². The molecule has 1 rings (SSSR count). The van der Waals surface area contributed by atoms with Crippen LogP contribution >= 0.6 is 15.9 Å². The average Bonchev–Trinajstić information content (AvgIpc) is 2.39. The number of carbonyl (C=O) groups is 1. The van der Waals surface area contributed by atoms with Gasteiger partial charge in [-0.15, -0.1) is 0 Å². The number of halogens is 1. The lowest BCUT2D eigenvalue weighted by Crippen LogP contribution is -2.48. The summed E-state index contributed by atoms with van der Waals surface area (Å²) in [4.78, 5) is 11.7. The van der Waals surface area contributed by atoms with Crippen LogP contribution < -0.4 is 10.6 Å². The van der Waals surface area contributed by atoms with Crippen LogP contribution in [0, 0.1) is 0 Å². The molecule has 0 aliphatic heterocycles. The summed E-state index contributed by atoms with van der Waals surface area (Å²) < 4.78 is 0.970. The van der Waals surface area contributed by atoms with Crippen molar-refractivity contribution in [3.8, 4) is 0 Å². The molecule has 3 N–H and O–H groups in total. The van der Waals surface area contributed by atoms with Crippen LogP contribution in [0.4, 0.5) is 5.69 Å². The van der Waals surface area contributed by atoms with Crippen LogP contribution in [0.2, 0.25) is 0 Å². The number of carbonyl (C=O) groups excluding carboxylic acids is 1. The molecule has 4 nitrogen and oxygen atoms in total. The molecular formula is C13H19BrN2O2. The minimum absolute atomic E-state index is 0.00899. The van der Waals surface area contributed by atoms with Crippen LogP contribution in [-0.4, -0.2) is 29.7 Å². The maximum atomic E-state index is 11.7. The molecule has 1 unspecified atom stereocenters. The second kappa shape index (κ2) is 6.87. The van der Waals surface area contributed by atoms with E-state index in [1.807, 2.05) is 38.1 Å². The van der Waals surface area contributed by atoms with Gasteiger partial charge in [-0.3, -0.25) is 4.79 Å². The zero-order chi connectivity index (χ0) is 13.6. The molecule has 0 aromatic heterocycles. The molecule has 0 aliphatic rings. The smallest absolute Gasteiger partial charge is 0.238 e. The first-order valence-electron chi connectivity index (χ1n) is 5.90. The predicted molar refractivity (Wildman–Crippen MR) is 76.6 cm³/mol.